The number of nitrogens with zero attached hydrogens (tertiary/aromatic N) is 1. The maximum Gasteiger partial charge on any atom is 0.321 e. The van der Waals surface area contributed by atoms with E-state index in [0.29, 0.717) is 43.5 Å². The van der Waals surface area contributed by atoms with E-state index in [4.69, 9.17) is 14.2 Å². The molecule has 8 heteroatoms. The number of carbonyl (C=O) groups excluding carboxylic acids is 2. The number of amides is 3. The van der Waals surface area contributed by atoms with E-state index in [0.717, 1.165) is 18.5 Å². The van der Waals surface area contributed by atoms with Gasteiger partial charge >= 0.3 is 6.03 Å². The van der Waals surface area contributed by atoms with Gasteiger partial charge in [-0.1, -0.05) is 18.2 Å². The Morgan fingerprint density at radius 1 is 1.00 bits per heavy atom. The fourth-order valence-corrected chi connectivity index (χ4v) is 3.45. The summed E-state index contributed by atoms with van der Waals surface area (Å²) in [5, 5.41) is 5.82. The quantitative estimate of drug-likeness (QED) is 0.629. The maximum absolute atomic E-state index is 12.9. The molecule has 2 aromatic carbocycles. The third-order valence-electron chi connectivity index (χ3n) is 5.08. The van der Waals surface area contributed by atoms with Gasteiger partial charge in [-0.05, 0) is 37.1 Å². The van der Waals surface area contributed by atoms with E-state index in [-0.39, 0.29) is 17.9 Å². The second-order valence-corrected chi connectivity index (χ2v) is 7.28. The van der Waals surface area contributed by atoms with Gasteiger partial charge < -0.3 is 29.7 Å². The average Bonchev–Trinajstić information content (AvgIpc) is 2.80. The summed E-state index contributed by atoms with van der Waals surface area (Å²) in [4.78, 5) is 27.1. The molecule has 0 spiro atoms. The standard InChI is InChI=1S/C23H29N3O5/c1-29-13-14-31-21-15-19(10-11-20(21)30-2)24-22(27)17-7-6-12-26(16-17)23(28)25-18-8-4-3-5-9-18/h3-5,8-11,15,17H,6-7,12-14,16H2,1-2H3,(H,24,27)(H,25,28). The van der Waals surface area contributed by atoms with E-state index in [1.807, 2.05) is 30.3 Å². The highest BCUT2D eigenvalue weighted by molar-refractivity contribution is 5.94. The van der Waals surface area contributed by atoms with Gasteiger partial charge in [0.2, 0.25) is 5.91 Å². The number of methoxy groups -OCH3 is 2. The first-order valence-corrected chi connectivity index (χ1v) is 10.3. The van der Waals surface area contributed by atoms with Crippen molar-refractivity contribution in [3.05, 3.63) is 48.5 Å². The van der Waals surface area contributed by atoms with Crippen molar-refractivity contribution in [1.29, 1.82) is 0 Å². The topological polar surface area (TPSA) is 89.1 Å². The smallest absolute Gasteiger partial charge is 0.321 e. The molecule has 1 unspecified atom stereocenters. The van der Waals surface area contributed by atoms with Gasteiger partial charge in [-0.15, -0.1) is 0 Å². The second kappa shape index (κ2) is 11.2. The van der Waals surface area contributed by atoms with Crippen LogP contribution < -0.4 is 20.1 Å². The Labute approximate surface area is 182 Å². The molecule has 3 rings (SSSR count). The zero-order valence-corrected chi connectivity index (χ0v) is 17.9. The van der Waals surface area contributed by atoms with Crippen LogP contribution in [0, 0.1) is 5.92 Å². The van der Waals surface area contributed by atoms with Crippen LogP contribution >= 0.6 is 0 Å². The number of likely N-dealkylation sites (tertiary alicyclic amines) is 1. The number of para-hydroxylation sites is 1. The molecule has 1 atom stereocenters. The highest BCUT2D eigenvalue weighted by Gasteiger charge is 2.28. The number of benzene rings is 2. The van der Waals surface area contributed by atoms with Crippen molar-refractivity contribution < 1.29 is 23.8 Å². The zero-order chi connectivity index (χ0) is 22.1. The Balaban J connectivity index is 1.59. The summed E-state index contributed by atoms with van der Waals surface area (Å²) in [5.41, 5.74) is 1.35. The maximum atomic E-state index is 12.9. The first kappa shape index (κ1) is 22.4. The lowest BCUT2D eigenvalue weighted by molar-refractivity contribution is -0.121. The first-order chi connectivity index (χ1) is 15.1. The van der Waals surface area contributed by atoms with E-state index in [2.05, 4.69) is 10.6 Å². The highest BCUT2D eigenvalue weighted by atomic mass is 16.5. The van der Waals surface area contributed by atoms with Crippen LogP contribution in [0.4, 0.5) is 16.2 Å². The number of carbonyl (C=O) groups is 2. The molecule has 0 bridgehead atoms. The number of nitrogens with one attached hydrogen (secondary N) is 2. The van der Waals surface area contributed by atoms with E-state index in [1.165, 1.54) is 0 Å². The molecule has 3 amide bonds. The first-order valence-electron chi connectivity index (χ1n) is 10.3. The summed E-state index contributed by atoms with van der Waals surface area (Å²) in [7, 11) is 3.17. The molecule has 1 aliphatic rings. The van der Waals surface area contributed by atoms with Gasteiger partial charge in [0.25, 0.3) is 0 Å². The zero-order valence-electron chi connectivity index (χ0n) is 17.9. The summed E-state index contributed by atoms with van der Waals surface area (Å²) in [6.07, 6.45) is 1.50. The van der Waals surface area contributed by atoms with Gasteiger partial charge in [0.1, 0.15) is 6.61 Å². The molecule has 2 N–H and O–H groups in total. The van der Waals surface area contributed by atoms with E-state index < -0.39 is 0 Å². The fourth-order valence-electron chi connectivity index (χ4n) is 3.45. The number of piperidine rings is 1. The Morgan fingerprint density at radius 3 is 2.55 bits per heavy atom. The van der Waals surface area contributed by atoms with Gasteiger partial charge in [-0.3, -0.25) is 4.79 Å². The number of hydrogen-bond acceptors (Lipinski definition) is 5. The summed E-state index contributed by atoms with van der Waals surface area (Å²) >= 11 is 0. The average molecular weight is 428 g/mol. The van der Waals surface area contributed by atoms with Crippen LogP contribution in [-0.2, 0) is 9.53 Å². The summed E-state index contributed by atoms with van der Waals surface area (Å²) < 4.78 is 16.0. The van der Waals surface area contributed by atoms with Crippen LogP contribution in [0.15, 0.2) is 48.5 Å². The third-order valence-corrected chi connectivity index (χ3v) is 5.08. The largest absolute Gasteiger partial charge is 0.493 e. The van der Waals surface area contributed by atoms with Crippen LogP contribution in [0.3, 0.4) is 0 Å². The Hall–Kier alpha value is -3.26. The summed E-state index contributed by atoms with van der Waals surface area (Å²) in [5.74, 6) is 0.709. The van der Waals surface area contributed by atoms with Crippen molar-refractivity contribution in [2.75, 3.05) is 51.2 Å². The highest BCUT2D eigenvalue weighted by Crippen LogP contribution is 2.31. The molecule has 31 heavy (non-hydrogen) atoms. The normalized spacial score (nSPS) is 15.8. The summed E-state index contributed by atoms with van der Waals surface area (Å²) in [6, 6.07) is 14.3. The van der Waals surface area contributed by atoms with E-state index in [1.54, 1.807) is 37.3 Å². The van der Waals surface area contributed by atoms with Crippen LogP contribution in [-0.4, -0.2) is 57.4 Å². The van der Waals surface area contributed by atoms with Gasteiger partial charge in [0.15, 0.2) is 11.5 Å². The molecule has 0 aliphatic carbocycles. The van der Waals surface area contributed by atoms with E-state index in [9.17, 15) is 9.59 Å². The fraction of sp³-hybridized carbons (Fsp3) is 0.391. The molecular weight excluding hydrogens is 398 g/mol. The minimum Gasteiger partial charge on any atom is -0.493 e. The molecular formula is C23H29N3O5. The lowest BCUT2D eigenvalue weighted by Crippen LogP contribution is -2.45. The molecule has 2 aromatic rings. The van der Waals surface area contributed by atoms with Crippen molar-refractivity contribution in [3.8, 4) is 11.5 Å². The van der Waals surface area contributed by atoms with Crippen LogP contribution in [0.1, 0.15) is 12.8 Å². The van der Waals surface area contributed by atoms with Crippen molar-refractivity contribution in [2.45, 2.75) is 12.8 Å². The monoisotopic (exact) mass is 427 g/mol. The van der Waals surface area contributed by atoms with Crippen molar-refractivity contribution in [3.63, 3.8) is 0 Å². The molecule has 0 radical (unpaired) electrons. The van der Waals surface area contributed by atoms with Crippen molar-refractivity contribution in [2.24, 2.45) is 5.92 Å². The van der Waals surface area contributed by atoms with Crippen molar-refractivity contribution in [1.82, 2.24) is 4.90 Å². The molecule has 166 valence electrons. The van der Waals surface area contributed by atoms with Gasteiger partial charge in [0.05, 0.1) is 19.6 Å². The predicted octanol–water partition coefficient (Wildman–Crippen LogP) is 3.60. The third kappa shape index (κ3) is 6.36. The van der Waals surface area contributed by atoms with Crippen LogP contribution in [0.25, 0.3) is 0 Å². The Bertz CT molecular complexity index is 875. The lowest BCUT2D eigenvalue weighted by atomic mass is 9.97. The molecule has 8 nitrogen and oxygen atoms in total. The Morgan fingerprint density at radius 2 is 1.81 bits per heavy atom. The number of ether oxygens (including phenoxy) is 3. The number of rotatable bonds is 8. The summed E-state index contributed by atoms with van der Waals surface area (Å²) in [6.45, 7) is 1.82. The molecule has 1 heterocycles. The molecule has 0 aromatic heterocycles. The van der Waals surface area contributed by atoms with Crippen molar-refractivity contribution >= 4 is 23.3 Å². The van der Waals surface area contributed by atoms with Crippen LogP contribution in [0.2, 0.25) is 0 Å². The number of hydrogen-bond donors (Lipinski definition) is 2. The minimum atomic E-state index is -0.282. The molecule has 1 fully saturated rings. The SMILES string of the molecule is COCCOc1cc(NC(=O)C2CCCN(C(=O)Nc3ccccc3)C2)ccc1OC. The predicted molar refractivity (Wildman–Crippen MR) is 119 cm³/mol. The Kier molecular flexibility index (Phi) is 8.12. The van der Waals surface area contributed by atoms with Gasteiger partial charge in [0, 0.05) is 37.6 Å². The molecule has 0 saturated carbocycles. The van der Waals surface area contributed by atoms with E-state index >= 15 is 0 Å². The number of urea groups is 1. The second-order valence-electron chi connectivity index (χ2n) is 7.28. The van der Waals surface area contributed by atoms with Crippen LogP contribution in [0.5, 0.6) is 11.5 Å². The van der Waals surface area contributed by atoms with Gasteiger partial charge in [-0.25, -0.2) is 4.79 Å². The lowest BCUT2D eigenvalue weighted by Gasteiger charge is -2.32. The molecule has 1 saturated heterocycles. The van der Waals surface area contributed by atoms with Gasteiger partial charge in [-0.2, -0.15) is 0 Å². The minimum absolute atomic E-state index is 0.120. The molecule has 1 aliphatic heterocycles. The number of anilines is 2.